The van der Waals surface area contributed by atoms with E-state index in [0.29, 0.717) is 41.7 Å². The molecule has 1 aromatic heterocycles. The molecular formula is C23H34N4O3S2. The van der Waals surface area contributed by atoms with E-state index in [9.17, 15) is 13.2 Å². The summed E-state index contributed by atoms with van der Waals surface area (Å²) in [7, 11) is -3.48. The molecule has 1 aliphatic heterocycles. The van der Waals surface area contributed by atoms with Gasteiger partial charge >= 0.3 is 0 Å². The maximum atomic E-state index is 13.0. The lowest BCUT2D eigenvalue weighted by atomic mass is 9.95. The Bertz CT molecular complexity index is 1040. The Morgan fingerprint density at radius 2 is 1.84 bits per heavy atom. The Morgan fingerprint density at radius 1 is 1.12 bits per heavy atom. The predicted molar refractivity (Wildman–Crippen MR) is 128 cm³/mol. The molecule has 0 radical (unpaired) electrons. The van der Waals surface area contributed by atoms with Gasteiger partial charge in [-0.1, -0.05) is 37.4 Å². The molecule has 2 fully saturated rings. The summed E-state index contributed by atoms with van der Waals surface area (Å²) in [4.78, 5) is 17.4. The van der Waals surface area contributed by atoms with Crippen LogP contribution in [0.15, 0.2) is 28.3 Å². The Hall–Kier alpha value is -1.58. The molecule has 1 saturated heterocycles. The molecule has 0 unspecified atom stereocenters. The van der Waals surface area contributed by atoms with Crippen LogP contribution in [-0.4, -0.2) is 53.1 Å². The van der Waals surface area contributed by atoms with E-state index in [4.69, 9.17) is 4.98 Å². The molecule has 2 heterocycles. The molecule has 9 heteroatoms. The van der Waals surface area contributed by atoms with E-state index in [2.05, 4.69) is 16.8 Å². The van der Waals surface area contributed by atoms with Gasteiger partial charge in [0.15, 0.2) is 5.16 Å². The van der Waals surface area contributed by atoms with Crippen LogP contribution in [0.5, 0.6) is 0 Å². The van der Waals surface area contributed by atoms with Gasteiger partial charge in [0.25, 0.3) is 0 Å². The summed E-state index contributed by atoms with van der Waals surface area (Å²) in [5, 5.41) is 4.00. The van der Waals surface area contributed by atoms with Gasteiger partial charge in [0.05, 0.1) is 15.9 Å². The summed E-state index contributed by atoms with van der Waals surface area (Å²) in [5.41, 5.74) is 1.62. The van der Waals surface area contributed by atoms with Crippen LogP contribution in [0.2, 0.25) is 0 Å². The predicted octanol–water partition coefficient (Wildman–Crippen LogP) is 4.16. The molecule has 0 spiro atoms. The molecule has 1 aliphatic carbocycles. The first-order chi connectivity index (χ1) is 15.5. The maximum Gasteiger partial charge on any atom is 0.243 e. The molecule has 1 aromatic carbocycles. The lowest BCUT2D eigenvalue weighted by molar-refractivity contribution is -0.121. The van der Waals surface area contributed by atoms with Crippen molar-refractivity contribution in [2.75, 3.05) is 18.8 Å². The smallest absolute Gasteiger partial charge is 0.243 e. The third-order valence-electron chi connectivity index (χ3n) is 6.48. The lowest BCUT2D eigenvalue weighted by Gasteiger charge is -2.25. The number of hydrogen-bond donors (Lipinski definition) is 1. The zero-order valence-corrected chi connectivity index (χ0v) is 20.5. The molecule has 32 heavy (non-hydrogen) atoms. The van der Waals surface area contributed by atoms with Gasteiger partial charge in [-0.15, -0.1) is 0 Å². The summed E-state index contributed by atoms with van der Waals surface area (Å²) in [6.45, 7) is 3.98. The van der Waals surface area contributed by atoms with Crippen molar-refractivity contribution in [1.29, 1.82) is 0 Å². The van der Waals surface area contributed by atoms with Crippen LogP contribution in [0, 0.1) is 0 Å². The van der Waals surface area contributed by atoms with Gasteiger partial charge in [0.2, 0.25) is 15.9 Å². The van der Waals surface area contributed by atoms with E-state index in [1.165, 1.54) is 19.3 Å². The van der Waals surface area contributed by atoms with Crippen LogP contribution in [-0.2, 0) is 21.4 Å². The second-order valence-corrected chi connectivity index (χ2v) is 11.8. The standard InChI is InChI=1S/C23H34N4O3S2/c1-2-27-21-12-11-19(32(29,30)26-14-7-4-8-15-26)17-20(21)25-23(27)31-16-13-22(28)24-18-9-5-3-6-10-18/h11-12,17-18H,2-10,13-16H2,1H3,(H,24,28). The van der Waals surface area contributed by atoms with Gasteiger partial charge in [0, 0.05) is 37.8 Å². The highest BCUT2D eigenvalue weighted by Gasteiger charge is 2.26. The summed E-state index contributed by atoms with van der Waals surface area (Å²) in [6, 6.07) is 5.60. The number of piperidine rings is 1. The summed E-state index contributed by atoms with van der Waals surface area (Å²) < 4.78 is 29.8. The van der Waals surface area contributed by atoms with Crippen molar-refractivity contribution in [3.8, 4) is 0 Å². The van der Waals surface area contributed by atoms with Crippen LogP contribution in [0.1, 0.15) is 64.7 Å². The zero-order valence-electron chi connectivity index (χ0n) is 18.9. The number of carbonyl (C=O) groups is 1. The topological polar surface area (TPSA) is 84.3 Å². The first kappa shape index (κ1) is 23.6. The number of carbonyl (C=O) groups excluding carboxylic acids is 1. The van der Waals surface area contributed by atoms with Crippen molar-refractivity contribution in [1.82, 2.24) is 19.2 Å². The molecule has 7 nitrogen and oxygen atoms in total. The summed E-state index contributed by atoms with van der Waals surface area (Å²) in [6.07, 6.45) is 9.25. The fourth-order valence-corrected chi connectivity index (χ4v) is 7.25. The number of nitrogens with zero attached hydrogens (tertiary/aromatic N) is 3. The molecule has 4 rings (SSSR count). The molecule has 1 amide bonds. The third kappa shape index (κ3) is 5.31. The van der Waals surface area contributed by atoms with E-state index in [-0.39, 0.29) is 5.91 Å². The van der Waals surface area contributed by atoms with Crippen LogP contribution in [0.4, 0.5) is 0 Å². The largest absolute Gasteiger partial charge is 0.353 e. The number of hydrogen-bond acceptors (Lipinski definition) is 5. The molecular weight excluding hydrogens is 444 g/mol. The van der Waals surface area contributed by atoms with Crippen molar-refractivity contribution in [3.05, 3.63) is 18.2 Å². The number of nitrogens with one attached hydrogen (secondary N) is 1. The Morgan fingerprint density at radius 3 is 2.56 bits per heavy atom. The minimum absolute atomic E-state index is 0.110. The van der Waals surface area contributed by atoms with E-state index in [1.54, 1.807) is 28.2 Å². The third-order valence-corrected chi connectivity index (χ3v) is 9.36. The number of imidazole rings is 1. The summed E-state index contributed by atoms with van der Waals surface area (Å²) >= 11 is 1.56. The molecule has 0 bridgehead atoms. The van der Waals surface area contributed by atoms with E-state index in [0.717, 1.165) is 49.3 Å². The van der Waals surface area contributed by atoms with Gasteiger partial charge in [-0.05, 0) is 50.8 Å². The lowest BCUT2D eigenvalue weighted by Crippen LogP contribution is -2.36. The zero-order chi connectivity index (χ0) is 22.6. The van der Waals surface area contributed by atoms with Gasteiger partial charge in [-0.2, -0.15) is 4.31 Å². The monoisotopic (exact) mass is 478 g/mol. The molecule has 2 aromatic rings. The highest BCUT2D eigenvalue weighted by atomic mass is 32.2. The molecule has 176 valence electrons. The molecule has 1 N–H and O–H groups in total. The van der Waals surface area contributed by atoms with Crippen molar-refractivity contribution < 1.29 is 13.2 Å². The van der Waals surface area contributed by atoms with Crippen molar-refractivity contribution in [2.24, 2.45) is 0 Å². The van der Waals surface area contributed by atoms with Crippen LogP contribution in [0.25, 0.3) is 11.0 Å². The Labute approximate surface area is 195 Å². The maximum absolute atomic E-state index is 13.0. The second-order valence-electron chi connectivity index (χ2n) is 8.75. The second kappa shape index (κ2) is 10.6. The highest BCUT2D eigenvalue weighted by Crippen LogP contribution is 2.28. The minimum Gasteiger partial charge on any atom is -0.353 e. The fraction of sp³-hybridized carbons (Fsp3) is 0.652. The van der Waals surface area contributed by atoms with E-state index < -0.39 is 10.0 Å². The summed E-state index contributed by atoms with van der Waals surface area (Å²) in [5.74, 6) is 0.763. The average molecular weight is 479 g/mol. The van der Waals surface area contributed by atoms with Gasteiger partial charge in [0.1, 0.15) is 0 Å². The van der Waals surface area contributed by atoms with E-state index in [1.807, 2.05) is 6.07 Å². The highest BCUT2D eigenvalue weighted by molar-refractivity contribution is 7.99. The van der Waals surface area contributed by atoms with Gasteiger partial charge < -0.3 is 9.88 Å². The number of aryl methyl sites for hydroxylation is 1. The van der Waals surface area contributed by atoms with E-state index >= 15 is 0 Å². The number of rotatable bonds is 8. The van der Waals surface area contributed by atoms with Crippen molar-refractivity contribution in [2.45, 2.75) is 87.3 Å². The number of fused-ring (bicyclic) bond motifs is 1. The first-order valence-electron chi connectivity index (χ1n) is 11.9. The van der Waals surface area contributed by atoms with Crippen LogP contribution >= 0.6 is 11.8 Å². The Balaban J connectivity index is 1.43. The van der Waals surface area contributed by atoms with Gasteiger partial charge in [-0.25, -0.2) is 13.4 Å². The Kier molecular flexibility index (Phi) is 7.78. The number of benzene rings is 1. The number of aromatic nitrogens is 2. The van der Waals surface area contributed by atoms with Crippen LogP contribution < -0.4 is 5.32 Å². The minimum atomic E-state index is -3.48. The normalized spacial score (nSPS) is 18.8. The first-order valence-corrected chi connectivity index (χ1v) is 14.3. The van der Waals surface area contributed by atoms with Crippen molar-refractivity contribution >= 4 is 38.7 Å². The van der Waals surface area contributed by atoms with Gasteiger partial charge in [-0.3, -0.25) is 4.79 Å². The SMILES string of the molecule is CCn1c(SCCC(=O)NC2CCCCC2)nc2cc(S(=O)(=O)N3CCCCC3)ccc21. The van der Waals surface area contributed by atoms with Crippen molar-refractivity contribution in [3.63, 3.8) is 0 Å². The quantitative estimate of drug-likeness (QED) is 0.576. The fourth-order valence-electron chi connectivity index (χ4n) is 4.70. The van der Waals surface area contributed by atoms with Crippen LogP contribution in [0.3, 0.4) is 0 Å². The number of thioether (sulfide) groups is 1. The molecule has 1 saturated carbocycles. The molecule has 2 aliphatic rings. The number of sulfonamides is 1. The number of amides is 1. The average Bonchev–Trinajstić information content (AvgIpc) is 3.17. The molecule has 0 atom stereocenters.